The molecule has 2 rings (SSSR count). The van der Waals surface area contributed by atoms with E-state index in [4.69, 9.17) is 4.74 Å². The molecular formula is C14H16N4O4. The Bertz CT molecular complexity index is 711. The van der Waals surface area contributed by atoms with Gasteiger partial charge < -0.3 is 9.64 Å². The van der Waals surface area contributed by atoms with E-state index in [1.165, 1.54) is 19.2 Å². The molecule has 0 unspecified atom stereocenters. The number of aryl methyl sites for hydroxylation is 1. The lowest BCUT2D eigenvalue weighted by Crippen LogP contribution is -2.19. The molecule has 1 heterocycles. The molecule has 1 aromatic heterocycles. The molecule has 0 aliphatic heterocycles. The van der Waals surface area contributed by atoms with Crippen molar-refractivity contribution in [3.63, 3.8) is 0 Å². The maximum absolute atomic E-state index is 11.9. The summed E-state index contributed by atoms with van der Waals surface area (Å²) < 4.78 is 6.39. The first-order valence-electron chi connectivity index (χ1n) is 6.47. The van der Waals surface area contributed by atoms with Gasteiger partial charge in [-0.3, -0.25) is 14.8 Å². The van der Waals surface area contributed by atoms with Gasteiger partial charge in [-0.25, -0.2) is 4.79 Å². The molecule has 8 nitrogen and oxygen atoms in total. The molecule has 0 fully saturated rings. The number of aromatic nitrogens is 2. The number of anilines is 1. The van der Waals surface area contributed by atoms with Crippen molar-refractivity contribution in [3.8, 4) is 0 Å². The quantitative estimate of drug-likeness (QED) is 0.475. The number of ether oxygens (including phenoxy) is 1. The summed E-state index contributed by atoms with van der Waals surface area (Å²) >= 11 is 0. The maximum Gasteiger partial charge on any atom is 0.340 e. The molecule has 0 radical (unpaired) electrons. The Hall–Kier alpha value is -2.90. The van der Waals surface area contributed by atoms with E-state index in [2.05, 4.69) is 5.10 Å². The number of hydrogen-bond donors (Lipinski definition) is 0. The molecule has 0 spiro atoms. The van der Waals surface area contributed by atoms with E-state index in [0.29, 0.717) is 12.2 Å². The van der Waals surface area contributed by atoms with Crippen molar-refractivity contribution < 1.29 is 14.5 Å². The van der Waals surface area contributed by atoms with Crippen LogP contribution in [0.5, 0.6) is 0 Å². The second-order valence-corrected chi connectivity index (χ2v) is 4.83. The number of carbonyl (C=O) groups is 1. The van der Waals surface area contributed by atoms with E-state index < -0.39 is 10.9 Å². The van der Waals surface area contributed by atoms with Gasteiger partial charge in [-0.2, -0.15) is 5.10 Å². The van der Waals surface area contributed by atoms with Crippen LogP contribution in [0, 0.1) is 10.1 Å². The molecule has 0 amide bonds. The largest absolute Gasteiger partial charge is 0.465 e. The number of carbonyl (C=O) groups excluding carboxylic acids is 1. The second-order valence-electron chi connectivity index (χ2n) is 4.83. The van der Waals surface area contributed by atoms with E-state index in [9.17, 15) is 14.9 Å². The summed E-state index contributed by atoms with van der Waals surface area (Å²) in [6, 6.07) is 4.13. The van der Waals surface area contributed by atoms with Crippen LogP contribution in [0.25, 0.3) is 0 Å². The van der Waals surface area contributed by atoms with E-state index in [1.807, 2.05) is 18.1 Å². The van der Waals surface area contributed by atoms with Gasteiger partial charge in [-0.15, -0.1) is 0 Å². The normalized spacial score (nSPS) is 10.3. The zero-order valence-corrected chi connectivity index (χ0v) is 12.5. The minimum absolute atomic E-state index is 0.154. The van der Waals surface area contributed by atoms with Crippen molar-refractivity contribution in [2.24, 2.45) is 7.05 Å². The van der Waals surface area contributed by atoms with E-state index in [1.54, 1.807) is 24.0 Å². The Balaban J connectivity index is 2.35. The third-order valence-electron chi connectivity index (χ3n) is 3.19. The molecule has 0 aliphatic carbocycles. The fraction of sp³-hybridized carbons (Fsp3) is 0.286. The average Bonchev–Trinajstić information content (AvgIpc) is 2.90. The summed E-state index contributed by atoms with van der Waals surface area (Å²) in [6.07, 6.45) is 3.58. The molecule has 2 aromatic rings. The van der Waals surface area contributed by atoms with Crippen LogP contribution in [-0.4, -0.2) is 34.8 Å². The summed E-state index contributed by atoms with van der Waals surface area (Å²) in [4.78, 5) is 24.0. The fourth-order valence-corrected chi connectivity index (χ4v) is 2.16. The molecule has 0 bridgehead atoms. The van der Waals surface area contributed by atoms with Gasteiger partial charge in [-0.05, 0) is 6.07 Å². The van der Waals surface area contributed by atoms with Crippen molar-refractivity contribution in [1.82, 2.24) is 9.78 Å². The van der Waals surface area contributed by atoms with Crippen LogP contribution in [0.1, 0.15) is 15.9 Å². The van der Waals surface area contributed by atoms with Crippen molar-refractivity contribution in [3.05, 3.63) is 51.8 Å². The van der Waals surface area contributed by atoms with Crippen LogP contribution >= 0.6 is 0 Å². The van der Waals surface area contributed by atoms with Crippen LogP contribution < -0.4 is 4.90 Å². The standard InChI is InChI=1S/C14H16N4O4/c1-16(8-10-7-15-17(2)9-10)13-5-4-11(18(20)21)6-12(13)14(19)22-3/h4-7,9H,8H2,1-3H3. The van der Waals surface area contributed by atoms with Crippen molar-refractivity contribution >= 4 is 17.3 Å². The summed E-state index contributed by atoms with van der Waals surface area (Å²) in [5, 5.41) is 15.0. The van der Waals surface area contributed by atoms with Crippen molar-refractivity contribution in [1.29, 1.82) is 0 Å². The third kappa shape index (κ3) is 3.22. The SMILES string of the molecule is COC(=O)c1cc([N+](=O)[O-])ccc1N(C)Cc1cnn(C)c1. The number of esters is 1. The highest BCUT2D eigenvalue weighted by atomic mass is 16.6. The van der Waals surface area contributed by atoms with Crippen LogP contribution in [-0.2, 0) is 18.3 Å². The molecule has 0 atom stereocenters. The topological polar surface area (TPSA) is 90.5 Å². The first-order chi connectivity index (χ1) is 10.4. The highest BCUT2D eigenvalue weighted by Crippen LogP contribution is 2.26. The van der Waals surface area contributed by atoms with Gasteiger partial charge in [0.2, 0.25) is 0 Å². The first kappa shape index (κ1) is 15.5. The summed E-state index contributed by atoms with van der Waals surface area (Å²) in [5.41, 5.74) is 1.52. The second kappa shape index (κ2) is 6.25. The molecule has 0 N–H and O–H groups in total. The van der Waals surface area contributed by atoms with Crippen LogP contribution in [0.2, 0.25) is 0 Å². The molecule has 22 heavy (non-hydrogen) atoms. The van der Waals surface area contributed by atoms with Crippen LogP contribution in [0.3, 0.4) is 0 Å². The number of non-ortho nitro benzene ring substituents is 1. The molecule has 0 saturated heterocycles. The lowest BCUT2D eigenvalue weighted by molar-refractivity contribution is -0.384. The van der Waals surface area contributed by atoms with Crippen molar-refractivity contribution in [2.75, 3.05) is 19.1 Å². The highest BCUT2D eigenvalue weighted by Gasteiger charge is 2.19. The Morgan fingerprint density at radius 1 is 1.50 bits per heavy atom. The molecule has 0 saturated carbocycles. The van der Waals surface area contributed by atoms with Crippen molar-refractivity contribution in [2.45, 2.75) is 6.54 Å². The minimum atomic E-state index is -0.614. The van der Waals surface area contributed by atoms with Gasteiger partial charge in [0, 0.05) is 44.5 Å². The Morgan fingerprint density at radius 2 is 2.23 bits per heavy atom. The van der Waals surface area contributed by atoms with E-state index in [-0.39, 0.29) is 11.3 Å². The number of nitrogens with zero attached hydrogens (tertiary/aromatic N) is 4. The number of benzene rings is 1. The molecular weight excluding hydrogens is 288 g/mol. The summed E-state index contributed by atoms with van der Waals surface area (Å²) in [7, 11) is 4.85. The van der Waals surface area contributed by atoms with Gasteiger partial charge >= 0.3 is 5.97 Å². The Kier molecular flexibility index (Phi) is 4.40. The zero-order valence-electron chi connectivity index (χ0n) is 12.5. The molecule has 116 valence electrons. The fourth-order valence-electron chi connectivity index (χ4n) is 2.16. The Labute approximate surface area is 127 Å². The van der Waals surface area contributed by atoms with E-state index >= 15 is 0 Å². The lowest BCUT2D eigenvalue weighted by atomic mass is 10.1. The zero-order chi connectivity index (χ0) is 16.3. The third-order valence-corrected chi connectivity index (χ3v) is 3.19. The minimum Gasteiger partial charge on any atom is -0.465 e. The van der Waals surface area contributed by atoms with Gasteiger partial charge in [0.1, 0.15) is 0 Å². The highest BCUT2D eigenvalue weighted by molar-refractivity contribution is 5.96. The predicted octanol–water partition coefficient (Wildman–Crippen LogP) is 1.75. The van der Waals surface area contributed by atoms with Gasteiger partial charge in [-0.1, -0.05) is 0 Å². The number of rotatable bonds is 5. The smallest absolute Gasteiger partial charge is 0.340 e. The van der Waals surface area contributed by atoms with E-state index in [0.717, 1.165) is 5.56 Å². The van der Waals surface area contributed by atoms with Crippen LogP contribution in [0.4, 0.5) is 11.4 Å². The first-order valence-corrected chi connectivity index (χ1v) is 6.47. The lowest BCUT2D eigenvalue weighted by Gasteiger charge is -2.20. The van der Waals surface area contributed by atoms with Gasteiger partial charge in [0.15, 0.2) is 0 Å². The molecule has 1 aromatic carbocycles. The number of methoxy groups -OCH3 is 1. The maximum atomic E-state index is 11.9. The average molecular weight is 304 g/mol. The molecule has 8 heteroatoms. The van der Waals surface area contributed by atoms with Crippen LogP contribution in [0.15, 0.2) is 30.6 Å². The number of nitro benzene ring substituents is 1. The summed E-state index contributed by atoms with van der Waals surface area (Å²) in [6.45, 7) is 0.510. The van der Waals surface area contributed by atoms with Gasteiger partial charge in [0.25, 0.3) is 5.69 Å². The Morgan fingerprint density at radius 3 is 2.77 bits per heavy atom. The van der Waals surface area contributed by atoms with Gasteiger partial charge in [0.05, 0.1) is 29.5 Å². The number of hydrogen-bond acceptors (Lipinski definition) is 6. The number of nitro groups is 1. The summed E-state index contributed by atoms with van der Waals surface area (Å²) in [5.74, 6) is -0.614. The predicted molar refractivity (Wildman–Crippen MR) is 79.8 cm³/mol. The monoisotopic (exact) mass is 304 g/mol. The molecule has 0 aliphatic rings.